The van der Waals surface area contributed by atoms with E-state index in [1.807, 2.05) is 22.6 Å². The fourth-order valence-electron chi connectivity index (χ4n) is 2.37. The lowest BCUT2D eigenvalue weighted by Gasteiger charge is -2.31. The summed E-state index contributed by atoms with van der Waals surface area (Å²) < 4.78 is 44.3. The quantitative estimate of drug-likeness (QED) is 0.778. The molecule has 2 rings (SSSR count). The lowest BCUT2D eigenvalue weighted by molar-refractivity contribution is -0.188. The first kappa shape index (κ1) is 13.0. The molecule has 0 spiro atoms. The molecule has 2 atom stereocenters. The Bertz CT molecular complexity index is 405. The van der Waals surface area contributed by atoms with Gasteiger partial charge in [-0.05, 0) is 35.4 Å². The monoisotopic (exact) mass is 360 g/mol. The standard InChI is InChI=1S/C10H12F3IN2O/c11-10(12,13)6-4-2-1-3-5(6)8-7(14)9(15)16-17-8/h5-6H,1-4H2,(H2,15,16). The molecule has 1 aromatic heterocycles. The maximum Gasteiger partial charge on any atom is 0.392 e. The van der Waals surface area contributed by atoms with Crippen molar-refractivity contribution < 1.29 is 17.7 Å². The van der Waals surface area contributed by atoms with Gasteiger partial charge in [-0.1, -0.05) is 18.0 Å². The van der Waals surface area contributed by atoms with E-state index in [1.54, 1.807) is 0 Å². The summed E-state index contributed by atoms with van der Waals surface area (Å²) in [5.41, 5.74) is 5.51. The molecule has 17 heavy (non-hydrogen) atoms. The third kappa shape index (κ3) is 2.53. The summed E-state index contributed by atoms with van der Waals surface area (Å²) in [5, 5.41) is 3.54. The van der Waals surface area contributed by atoms with Crippen LogP contribution in [0.1, 0.15) is 37.4 Å². The number of rotatable bonds is 1. The van der Waals surface area contributed by atoms with Crippen LogP contribution < -0.4 is 5.73 Å². The fourth-order valence-corrected chi connectivity index (χ4v) is 2.97. The van der Waals surface area contributed by atoms with Gasteiger partial charge < -0.3 is 10.3 Å². The van der Waals surface area contributed by atoms with Crippen molar-refractivity contribution in [2.75, 3.05) is 5.73 Å². The molecule has 0 bridgehead atoms. The molecule has 2 N–H and O–H groups in total. The van der Waals surface area contributed by atoms with Crippen LogP contribution in [0, 0.1) is 9.49 Å². The molecule has 1 aliphatic rings. The number of alkyl halides is 3. The number of nitrogen functional groups attached to an aromatic ring is 1. The molecule has 1 aromatic rings. The average Bonchev–Trinajstić information content (AvgIpc) is 2.59. The Kier molecular flexibility index (Phi) is 3.55. The maximum atomic E-state index is 12.9. The molecule has 0 amide bonds. The number of halogens is 4. The Morgan fingerprint density at radius 1 is 1.29 bits per heavy atom. The van der Waals surface area contributed by atoms with Crippen molar-refractivity contribution in [3.8, 4) is 0 Å². The smallest absolute Gasteiger partial charge is 0.380 e. The third-order valence-electron chi connectivity index (χ3n) is 3.21. The van der Waals surface area contributed by atoms with Gasteiger partial charge in [0.1, 0.15) is 0 Å². The van der Waals surface area contributed by atoms with Gasteiger partial charge in [0.2, 0.25) is 0 Å². The second-order valence-corrected chi connectivity index (χ2v) is 5.36. The van der Waals surface area contributed by atoms with Gasteiger partial charge in [-0.25, -0.2) is 0 Å². The molecular weight excluding hydrogens is 348 g/mol. The predicted molar refractivity (Wildman–Crippen MR) is 64.4 cm³/mol. The molecule has 0 aromatic carbocycles. The number of nitrogens with two attached hydrogens (primary N) is 1. The van der Waals surface area contributed by atoms with Crippen molar-refractivity contribution in [1.29, 1.82) is 0 Å². The molecule has 3 nitrogen and oxygen atoms in total. The molecule has 1 aliphatic carbocycles. The van der Waals surface area contributed by atoms with Gasteiger partial charge >= 0.3 is 6.18 Å². The summed E-state index contributed by atoms with van der Waals surface area (Å²) in [6.07, 6.45) is -2.15. The minimum Gasteiger partial charge on any atom is -0.380 e. The van der Waals surface area contributed by atoms with E-state index >= 15 is 0 Å². The van der Waals surface area contributed by atoms with Crippen LogP contribution in [0.3, 0.4) is 0 Å². The van der Waals surface area contributed by atoms with Crippen LogP contribution in [0.25, 0.3) is 0 Å². The van der Waals surface area contributed by atoms with E-state index in [9.17, 15) is 13.2 Å². The molecule has 96 valence electrons. The van der Waals surface area contributed by atoms with Crippen LogP contribution in [0.5, 0.6) is 0 Å². The van der Waals surface area contributed by atoms with E-state index < -0.39 is 18.0 Å². The zero-order valence-electron chi connectivity index (χ0n) is 8.93. The molecule has 0 radical (unpaired) electrons. The largest absolute Gasteiger partial charge is 0.392 e. The number of hydrogen-bond acceptors (Lipinski definition) is 3. The first-order valence-corrected chi connectivity index (χ1v) is 6.46. The van der Waals surface area contributed by atoms with Crippen LogP contribution in [0.2, 0.25) is 0 Å². The number of anilines is 1. The Hall–Kier alpha value is -0.470. The maximum absolute atomic E-state index is 12.9. The number of nitrogens with zero attached hydrogens (tertiary/aromatic N) is 1. The van der Waals surface area contributed by atoms with Crippen molar-refractivity contribution in [2.45, 2.75) is 37.8 Å². The van der Waals surface area contributed by atoms with Gasteiger partial charge in [-0.15, -0.1) is 0 Å². The second-order valence-electron chi connectivity index (χ2n) is 4.29. The molecule has 1 fully saturated rings. The highest BCUT2D eigenvalue weighted by molar-refractivity contribution is 14.1. The molecule has 2 unspecified atom stereocenters. The molecular formula is C10H12F3IN2O. The lowest BCUT2D eigenvalue weighted by Crippen LogP contribution is -2.31. The normalized spacial score (nSPS) is 26.1. The Balaban J connectivity index is 2.31. The van der Waals surface area contributed by atoms with Crippen LogP contribution in [-0.2, 0) is 0 Å². The minimum absolute atomic E-state index is 0.158. The molecule has 1 heterocycles. The molecule has 7 heteroatoms. The highest BCUT2D eigenvalue weighted by Gasteiger charge is 2.47. The van der Waals surface area contributed by atoms with Gasteiger partial charge in [0.05, 0.1) is 9.49 Å². The van der Waals surface area contributed by atoms with Gasteiger partial charge in [-0.2, -0.15) is 13.2 Å². The van der Waals surface area contributed by atoms with Crippen LogP contribution in [0.4, 0.5) is 19.0 Å². The van der Waals surface area contributed by atoms with Crippen LogP contribution in [-0.4, -0.2) is 11.3 Å². The van der Waals surface area contributed by atoms with Crippen LogP contribution >= 0.6 is 22.6 Å². The molecule has 0 saturated heterocycles. The van der Waals surface area contributed by atoms with E-state index in [1.165, 1.54) is 0 Å². The summed E-state index contributed by atoms with van der Waals surface area (Å²) >= 11 is 1.89. The van der Waals surface area contributed by atoms with Gasteiger partial charge in [-0.3, -0.25) is 0 Å². The molecule has 0 aliphatic heterocycles. The van der Waals surface area contributed by atoms with Gasteiger partial charge in [0.15, 0.2) is 11.6 Å². The summed E-state index contributed by atoms with van der Waals surface area (Å²) in [5.74, 6) is -1.50. The first-order chi connectivity index (χ1) is 7.91. The number of hydrogen-bond donors (Lipinski definition) is 1. The van der Waals surface area contributed by atoms with Crippen molar-refractivity contribution >= 4 is 28.4 Å². The van der Waals surface area contributed by atoms with E-state index in [-0.39, 0.29) is 12.2 Å². The average molecular weight is 360 g/mol. The highest BCUT2D eigenvalue weighted by atomic mass is 127. The summed E-state index contributed by atoms with van der Waals surface area (Å²) in [4.78, 5) is 0. The minimum atomic E-state index is -4.18. The first-order valence-electron chi connectivity index (χ1n) is 5.38. The Labute approximate surface area is 110 Å². The van der Waals surface area contributed by atoms with Gasteiger partial charge in [0, 0.05) is 5.92 Å². The van der Waals surface area contributed by atoms with Crippen molar-refractivity contribution in [2.24, 2.45) is 5.92 Å². The SMILES string of the molecule is Nc1noc(C2CCCCC2C(F)(F)F)c1I. The topological polar surface area (TPSA) is 52.0 Å². The Morgan fingerprint density at radius 2 is 1.94 bits per heavy atom. The lowest BCUT2D eigenvalue weighted by atomic mass is 9.77. The van der Waals surface area contributed by atoms with E-state index in [0.29, 0.717) is 22.2 Å². The summed E-state index contributed by atoms with van der Waals surface area (Å²) in [6.45, 7) is 0. The third-order valence-corrected chi connectivity index (χ3v) is 4.29. The van der Waals surface area contributed by atoms with Crippen molar-refractivity contribution in [1.82, 2.24) is 5.16 Å². The fraction of sp³-hybridized carbons (Fsp3) is 0.700. The van der Waals surface area contributed by atoms with Crippen molar-refractivity contribution in [3.05, 3.63) is 9.33 Å². The Morgan fingerprint density at radius 3 is 2.47 bits per heavy atom. The number of aromatic nitrogens is 1. The molecule has 1 saturated carbocycles. The van der Waals surface area contributed by atoms with Crippen molar-refractivity contribution in [3.63, 3.8) is 0 Å². The van der Waals surface area contributed by atoms with E-state index in [2.05, 4.69) is 5.16 Å². The van der Waals surface area contributed by atoms with E-state index in [0.717, 1.165) is 6.42 Å². The predicted octanol–water partition coefficient (Wildman–Crippen LogP) is 3.70. The zero-order valence-corrected chi connectivity index (χ0v) is 11.1. The van der Waals surface area contributed by atoms with E-state index in [4.69, 9.17) is 10.3 Å². The van der Waals surface area contributed by atoms with Crippen LogP contribution in [0.15, 0.2) is 4.52 Å². The summed E-state index contributed by atoms with van der Waals surface area (Å²) in [7, 11) is 0. The van der Waals surface area contributed by atoms with Gasteiger partial charge in [0.25, 0.3) is 0 Å². The second kappa shape index (κ2) is 4.66. The highest BCUT2D eigenvalue weighted by Crippen LogP contribution is 2.47. The zero-order chi connectivity index (χ0) is 12.6. The summed E-state index contributed by atoms with van der Waals surface area (Å²) in [6, 6.07) is 0.